The molecule has 2 N–H and O–H groups in total. The number of hydrogen-bond donors (Lipinski definition) is 1. The molecule has 0 saturated carbocycles. The quantitative estimate of drug-likeness (QED) is 0.817. The van der Waals surface area contributed by atoms with Crippen molar-refractivity contribution in [1.82, 2.24) is 4.90 Å². The zero-order valence-corrected chi connectivity index (χ0v) is 12.6. The van der Waals surface area contributed by atoms with Gasteiger partial charge in [-0.15, -0.1) is 0 Å². The zero-order valence-electron chi connectivity index (χ0n) is 12.6. The monoisotopic (exact) mass is 240 g/mol. The van der Waals surface area contributed by atoms with Gasteiger partial charge in [-0.2, -0.15) is 0 Å². The Morgan fingerprint density at radius 2 is 1.94 bits per heavy atom. The molecule has 0 aromatic carbocycles. The third-order valence-electron chi connectivity index (χ3n) is 3.67. The molecule has 0 bridgehead atoms. The first-order valence-corrected chi connectivity index (χ1v) is 7.16. The first-order chi connectivity index (χ1) is 7.68. The summed E-state index contributed by atoms with van der Waals surface area (Å²) in [6.45, 7) is 15.3. The van der Waals surface area contributed by atoms with Crippen molar-refractivity contribution in [1.29, 1.82) is 0 Å². The molecule has 17 heavy (non-hydrogen) atoms. The highest BCUT2D eigenvalue weighted by molar-refractivity contribution is 4.81. The molecule has 2 nitrogen and oxygen atoms in total. The molecule has 1 aliphatic rings. The Bertz CT molecular complexity index is 228. The average Bonchev–Trinajstić information content (AvgIpc) is 2.10. The van der Waals surface area contributed by atoms with Crippen molar-refractivity contribution < 1.29 is 0 Å². The van der Waals surface area contributed by atoms with Crippen LogP contribution in [-0.4, -0.2) is 30.6 Å². The summed E-state index contributed by atoms with van der Waals surface area (Å²) in [5.41, 5.74) is 7.09. The Morgan fingerprint density at radius 3 is 2.47 bits per heavy atom. The second-order valence-electron chi connectivity index (χ2n) is 7.86. The van der Waals surface area contributed by atoms with E-state index in [0.717, 1.165) is 12.8 Å². The smallest absolute Gasteiger partial charge is 0.00559 e. The van der Waals surface area contributed by atoms with Crippen LogP contribution in [0.15, 0.2) is 0 Å². The number of likely N-dealkylation sites (tertiary alicyclic amines) is 1. The van der Waals surface area contributed by atoms with E-state index < -0.39 is 0 Å². The van der Waals surface area contributed by atoms with Crippen LogP contribution in [0.2, 0.25) is 0 Å². The van der Waals surface area contributed by atoms with E-state index in [1.54, 1.807) is 0 Å². The molecular formula is C15H32N2. The number of rotatable bonds is 4. The fourth-order valence-electron chi connectivity index (χ4n) is 2.97. The van der Waals surface area contributed by atoms with Crippen LogP contribution in [0.1, 0.15) is 60.3 Å². The predicted octanol–water partition coefficient (Wildman–Crippen LogP) is 3.26. The van der Waals surface area contributed by atoms with Crippen LogP contribution in [0.5, 0.6) is 0 Å². The van der Waals surface area contributed by atoms with Gasteiger partial charge in [-0.3, -0.25) is 0 Å². The highest BCUT2D eigenvalue weighted by atomic mass is 15.1. The molecule has 102 valence electrons. The maximum Gasteiger partial charge on any atom is 0.00559 e. The summed E-state index contributed by atoms with van der Waals surface area (Å²) >= 11 is 0. The summed E-state index contributed by atoms with van der Waals surface area (Å²) in [6, 6.07) is 0.361. The third kappa shape index (κ3) is 6.42. The molecule has 1 rings (SSSR count). The molecular weight excluding hydrogens is 208 g/mol. The summed E-state index contributed by atoms with van der Waals surface area (Å²) in [4.78, 5) is 2.60. The van der Waals surface area contributed by atoms with E-state index in [2.05, 4.69) is 39.5 Å². The number of nitrogens with two attached hydrogens (primary N) is 1. The molecule has 0 spiro atoms. The molecule has 0 radical (unpaired) electrons. The van der Waals surface area contributed by atoms with Gasteiger partial charge in [0.1, 0.15) is 0 Å². The van der Waals surface area contributed by atoms with Crippen LogP contribution in [0.4, 0.5) is 0 Å². The number of nitrogens with zero attached hydrogens (tertiary/aromatic N) is 1. The first kappa shape index (κ1) is 15.0. The highest BCUT2D eigenvalue weighted by Crippen LogP contribution is 2.28. The normalized spacial score (nSPS) is 23.6. The van der Waals surface area contributed by atoms with Crippen molar-refractivity contribution in [2.75, 3.05) is 19.6 Å². The predicted molar refractivity (Wildman–Crippen MR) is 76.1 cm³/mol. The van der Waals surface area contributed by atoms with Crippen LogP contribution in [0.3, 0.4) is 0 Å². The van der Waals surface area contributed by atoms with Crippen LogP contribution >= 0.6 is 0 Å². The topological polar surface area (TPSA) is 29.3 Å². The molecule has 2 heteroatoms. The molecule has 0 aliphatic carbocycles. The SMILES string of the molecule is CC(C)(C)CC(N)CCN1CCCC(C)(C)C1. The molecule has 1 aliphatic heterocycles. The molecule has 1 fully saturated rings. The van der Waals surface area contributed by atoms with Crippen molar-refractivity contribution in [3.05, 3.63) is 0 Å². The Balaban J connectivity index is 2.26. The maximum absolute atomic E-state index is 6.22. The van der Waals surface area contributed by atoms with E-state index >= 15 is 0 Å². The van der Waals surface area contributed by atoms with Crippen molar-refractivity contribution in [3.8, 4) is 0 Å². The van der Waals surface area contributed by atoms with Gasteiger partial charge in [0.2, 0.25) is 0 Å². The average molecular weight is 240 g/mol. The largest absolute Gasteiger partial charge is 0.328 e. The Labute approximate surface area is 108 Å². The van der Waals surface area contributed by atoms with Crippen molar-refractivity contribution >= 4 is 0 Å². The Morgan fingerprint density at radius 1 is 1.29 bits per heavy atom. The van der Waals surface area contributed by atoms with E-state index in [0.29, 0.717) is 16.9 Å². The van der Waals surface area contributed by atoms with Crippen molar-refractivity contribution in [2.24, 2.45) is 16.6 Å². The zero-order chi connectivity index (χ0) is 13.1. The minimum absolute atomic E-state index is 0.361. The lowest BCUT2D eigenvalue weighted by molar-refractivity contribution is 0.113. The third-order valence-corrected chi connectivity index (χ3v) is 3.67. The van der Waals surface area contributed by atoms with E-state index in [4.69, 9.17) is 5.73 Å². The van der Waals surface area contributed by atoms with Crippen LogP contribution in [-0.2, 0) is 0 Å². The number of piperidine rings is 1. The second kappa shape index (κ2) is 5.71. The summed E-state index contributed by atoms with van der Waals surface area (Å²) in [5.74, 6) is 0. The van der Waals surface area contributed by atoms with E-state index in [9.17, 15) is 0 Å². The van der Waals surface area contributed by atoms with Crippen molar-refractivity contribution in [3.63, 3.8) is 0 Å². The lowest BCUT2D eigenvalue weighted by Crippen LogP contribution is -2.42. The minimum Gasteiger partial charge on any atom is -0.328 e. The van der Waals surface area contributed by atoms with Crippen molar-refractivity contribution in [2.45, 2.75) is 66.3 Å². The van der Waals surface area contributed by atoms with Gasteiger partial charge >= 0.3 is 0 Å². The Hall–Kier alpha value is -0.0800. The molecule has 0 amide bonds. The van der Waals surface area contributed by atoms with Gasteiger partial charge in [0, 0.05) is 12.6 Å². The standard InChI is InChI=1S/C15H32N2/c1-14(2,3)11-13(16)7-10-17-9-6-8-15(4,5)12-17/h13H,6-12,16H2,1-5H3. The van der Waals surface area contributed by atoms with E-state index in [-0.39, 0.29) is 0 Å². The van der Waals surface area contributed by atoms with E-state index in [1.165, 1.54) is 32.5 Å². The molecule has 0 aromatic heterocycles. The fourth-order valence-corrected chi connectivity index (χ4v) is 2.97. The first-order valence-electron chi connectivity index (χ1n) is 7.16. The minimum atomic E-state index is 0.361. The van der Waals surface area contributed by atoms with Gasteiger partial charge in [0.15, 0.2) is 0 Å². The molecule has 1 unspecified atom stereocenters. The van der Waals surface area contributed by atoms with Gasteiger partial charge in [-0.05, 0) is 49.6 Å². The maximum atomic E-state index is 6.22. The number of hydrogen-bond acceptors (Lipinski definition) is 2. The summed E-state index contributed by atoms with van der Waals surface area (Å²) < 4.78 is 0. The van der Waals surface area contributed by atoms with Gasteiger partial charge in [0.25, 0.3) is 0 Å². The van der Waals surface area contributed by atoms with Crippen LogP contribution in [0, 0.1) is 10.8 Å². The second-order valence-corrected chi connectivity index (χ2v) is 7.86. The van der Waals surface area contributed by atoms with Crippen LogP contribution < -0.4 is 5.73 Å². The Kier molecular flexibility index (Phi) is 5.03. The fraction of sp³-hybridized carbons (Fsp3) is 1.00. The molecule has 1 saturated heterocycles. The molecule has 1 atom stereocenters. The van der Waals surface area contributed by atoms with Gasteiger partial charge < -0.3 is 10.6 Å². The van der Waals surface area contributed by atoms with Crippen LogP contribution in [0.25, 0.3) is 0 Å². The molecule has 0 aromatic rings. The van der Waals surface area contributed by atoms with Gasteiger partial charge in [0.05, 0.1) is 0 Å². The van der Waals surface area contributed by atoms with E-state index in [1.807, 2.05) is 0 Å². The molecule has 1 heterocycles. The lowest BCUT2D eigenvalue weighted by atomic mass is 9.83. The summed E-state index contributed by atoms with van der Waals surface area (Å²) in [6.07, 6.45) is 5.00. The van der Waals surface area contributed by atoms with Gasteiger partial charge in [-0.25, -0.2) is 0 Å². The summed E-state index contributed by atoms with van der Waals surface area (Å²) in [5, 5.41) is 0. The van der Waals surface area contributed by atoms with Gasteiger partial charge in [-0.1, -0.05) is 34.6 Å². The highest BCUT2D eigenvalue weighted by Gasteiger charge is 2.26. The lowest BCUT2D eigenvalue weighted by Gasteiger charge is -2.38. The summed E-state index contributed by atoms with van der Waals surface area (Å²) in [7, 11) is 0.